The minimum Gasteiger partial charge on any atom is -0.487 e. The number of rotatable bonds is 16. The van der Waals surface area contributed by atoms with E-state index >= 15 is 0 Å². The zero-order valence-electron chi connectivity index (χ0n) is 20.9. The number of unbranched alkanes of at least 4 members (excludes halogenated alkanes) is 6. The molecule has 0 saturated carbocycles. The van der Waals surface area contributed by atoms with Crippen molar-refractivity contribution in [1.82, 2.24) is 0 Å². The average Bonchev–Trinajstić information content (AvgIpc) is 2.84. The monoisotopic (exact) mass is 470 g/mol. The summed E-state index contributed by atoms with van der Waals surface area (Å²) in [6.07, 6.45) is 9.14. The van der Waals surface area contributed by atoms with Crippen LogP contribution in [0.4, 0.5) is 4.39 Å². The van der Waals surface area contributed by atoms with E-state index < -0.39 is 11.9 Å². The van der Waals surface area contributed by atoms with Gasteiger partial charge in [0.25, 0.3) is 0 Å². The van der Waals surface area contributed by atoms with Gasteiger partial charge in [-0.3, -0.25) is 9.59 Å². The molecule has 5 heteroatoms. The maximum absolute atomic E-state index is 14.6. The predicted molar refractivity (Wildman–Crippen MR) is 135 cm³/mol. The van der Waals surface area contributed by atoms with E-state index in [9.17, 15) is 14.0 Å². The topological polar surface area (TPSA) is 52.6 Å². The van der Waals surface area contributed by atoms with E-state index in [1.165, 1.54) is 31.7 Å². The molecule has 34 heavy (non-hydrogen) atoms. The van der Waals surface area contributed by atoms with Crippen LogP contribution in [0.25, 0.3) is 11.1 Å². The number of benzene rings is 2. The molecule has 0 bridgehead atoms. The van der Waals surface area contributed by atoms with Gasteiger partial charge in [0.05, 0.1) is 0 Å². The lowest BCUT2D eigenvalue weighted by atomic mass is 9.99. The number of carbonyl (C=O) groups excluding carboxylic acids is 2. The summed E-state index contributed by atoms with van der Waals surface area (Å²) in [5.74, 6) is -0.472. The highest BCUT2D eigenvalue weighted by atomic mass is 19.1. The molecule has 0 aromatic heterocycles. The van der Waals surface area contributed by atoms with Crippen LogP contribution in [0.1, 0.15) is 95.3 Å². The molecule has 0 amide bonds. The van der Waals surface area contributed by atoms with E-state index in [0.717, 1.165) is 31.2 Å². The van der Waals surface area contributed by atoms with Crippen molar-refractivity contribution in [3.63, 3.8) is 0 Å². The smallest absolute Gasteiger partial charge is 0.306 e. The van der Waals surface area contributed by atoms with Crippen LogP contribution in [0.3, 0.4) is 0 Å². The Balaban J connectivity index is 1.85. The molecular formula is C29H39FO4. The van der Waals surface area contributed by atoms with Crippen LogP contribution >= 0.6 is 0 Å². The Morgan fingerprint density at radius 2 is 1.47 bits per heavy atom. The van der Waals surface area contributed by atoms with Crippen LogP contribution in [0.15, 0.2) is 42.5 Å². The van der Waals surface area contributed by atoms with Crippen LogP contribution in [-0.4, -0.2) is 24.5 Å². The fourth-order valence-electron chi connectivity index (χ4n) is 3.70. The summed E-state index contributed by atoms with van der Waals surface area (Å²) < 4.78 is 25.4. The Morgan fingerprint density at radius 1 is 0.824 bits per heavy atom. The molecule has 0 aliphatic rings. The molecule has 0 heterocycles. The molecule has 0 N–H and O–H groups in total. The van der Waals surface area contributed by atoms with Crippen molar-refractivity contribution in [1.29, 1.82) is 0 Å². The lowest BCUT2D eigenvalue weighted by molar-refractivity contribution is -0.149. The van der Waals surface area contributed by atoms with E-state index in [1.807, 2.05) is 31.2 Å². The number of ketones is 1. The van der Waals surface area contributed by atoms with Gasteiger partial charge in [-0.05, 0) is 43.0 Å². The number of halogens is 1. The lowest BCUT2D eigenvalue weighted by Crippen LogP contribution is -2.22. The van der Waals surface area contributed by atoms with Crippen molar-refractivity contribution >= 4 is 11.8 Å². The summed E-state index contributed by atoms with van der Waals surface area (Å²) >= 11 is 0. The highest BCUT2D eigenvalue weighted by molar-refractivity contribution is 5.96. The molecule has 0 radical (unpaired) electrons. The molecule has 2 rings (SSSR count). The van der Waals surface area contributed by atoms with E-state index in [4.69, 9.17) is 9.47 Å². The Bertz CT molecular complexity index is 892. The van der Waals surface area contributed by atoms with Crippen molar-refractivity contribution in [2.45, 2.75) is 91.1 Å². The third-order valence-electron chi connectivity index (χ3n) is 5.77. The molecule has 0 fully saturated rings. The highest BCUT2D eigenvalue weighted by Crippen LogP contribution is 2.26. The van der Waals surface area contributed by atoms with Gasteiger partial charge in [-0.2, -0.15) is 0 Å². The second kappa shape index (κ2) is 15.3. The molecule has 186 valence electrons. The fourth-order valence-corrected chi connectivity index (χ4v) is 3.70. The second-order valence-electron chi connectivity index (χ2n) is 8.88. The van der Waals surface area contributed by atoms with E-state index in [2.05, 4.69) is 6.92 Å². The van der Waals surface area contributed by atoms with Gasteiger partial charge in [0.2, 0.25) is 0 Å². The Morgan fingerprint density at radius 3 is 2.15 bits per heavy atom. The summed E-state index contributed by atoms with van der Waals surface area (Å²) in [6.45, 7) is 6.02. The minimum atomic E-state index is -0.481. The van der Waals surface area contributed by atoms with Crippen molar-refractivity contribution in [2.75, 3.05) is 6.61 Å². The zero-order valence-corrected chi connectivity index (χ0v) is 20.9. The largest absolute Gasteiger partial charge is 0.487 e. The fraction of sp³-hybridized carbons (Fsp3) is 0.517. The van der Waals surface area contributed by atoms with E-state index in [0.29, 0.717) is 24.0 Å². The molecule has 0 aliphatic heterocycles. The molecule has 1 atom stereocenters. The third-order valence-corrected chi connectivity index (χ3v) is 5.77. The molecule has 2 aromatic carbocycles. The molecule has 2 aromatic rings. The summed E-state index contributed by atoms with van der Waals surface area (Å²) in [5, 5.41) is 0. The number of carbonyl (C=O) groups is 2. The van der Waals surface area contributed by atoms with Crippen molar-refractivity contribution in [2.24, 2.45) is 0 Å². The van der Waals surface area contributed by atoms with Crippen molar-refractivity contribution in [3.8, 4) is 16.9 Å². The van der Waals surface area contributed by atoms with Gasteiger partial charge in [0, 0.05) is 18.4 Å². The normalized spacial score (nSPS) is 11.8. The maximum atomic E-state index is 14.6. The minimum absolute atomic E-state index is 0.0868. The number of hydrogen-bond donors (Lipinski definition) is 0. The molecular weight excluding hydrogens is 431 g/mol. The van der Waals surface area contributed by atoms with Gasteiger partial charge in [0.15, 0.2) is 17.3 Å². The molecule has 0 saturated heterocycles. The molecule has 0 aliphatic carbocycles. The predicted octanol–water partition coefficient (Wildman–Crippen LogP) is 7.93. The third kappa shape index (κ3) is 9.66. The second-order valence-corrected chi connectivity index (χ2v) is 8.88. The van der Waals surface area contributed by atoms with Crippen LogP contribution in [0, 0.1) is 5.82 Å². The number of Topliss-reactive ketones (excluding diaryl/α,β-unsaturated/α-hetero) is 1. The number of ether oxygens (including phenoxy) is 2. The number of hydrogen-bond acceptors (Lipinski definition) is 4. The Labute approximate surface area is 203 Å². The zero-order chi connectivity index (χ0) is 24.8. The summed E-state index contributed by atoms with van der Waals surface area (Å²) in [4.78, 5) is 24.1. The van der Waals surface area contributed by atoms with Crippen LogP contribution in [0.5, 0.6) is 5.75 Å². The van der Waals surface area contributed by atoms with Crippen molar-refractivity contribution in [3.05, 3.63) is 53.8 Å². The first-order valence-corrected chi connectivity index (χ1v) is 12.7. The standard InChI is InChI=1S/C29H39FO4/c1-4-6-8-9-10-11-12-27(31)24-16-14-23(15-17-24)25-18-19-28(26(30)20-25)33-21-22(3)34-29(32)13-7-5-2/h14-20,22H,4-13,21H2,1-3H3. The first-order valence-electron chi connectivity index (χ1n) is 12.7. The lowest BCUT2D eigenvalue weighted by Gasteiger charge is -2.15. The van der Waals surface area contributed by atoms with Gasteiger partial charge in [0.1, 0.15) is 12.7 Å². The summed E-state index contributed by atoms with van der Waals surface area (Å²) in [5.41, 5.74) is 2.24. The molecule has 4 nitrogen and oxygen atoms in total. The Kier molecular flexibility index (Phi) is 12.4. The Hall–Kier alpha value is -2.69. The molecule has 1 unspecified atom stereocenters. The van der Waals surface area contributed by atoms with Gasteiger partial charge >= 0.3 is 5.97 Å². The van der Waals surface area contributed by atoms with Gasteiger partial charge < -0.3 is 9.47 Å². The maximum Gasteiger partial charge on any atom is 0.306 e. The van der Waals surface area contributed by atoms with Gasteiger partial charge in [-0.25, -0.2) is 4.39 Å². The highest BCUT2D eigenvalue weighted by Gasteiger charge is 2.13. The summed E-state index contributed by atoms with van der Waals surface area (Å²) in [6, 6.07) is 12.1. The van der Waals surface area contributed by atoms with Crippen molar-refractivity contribution < 1.29 is 23.5 Å². The van der Waals surface area contributed by atoms with E-state index in [-0.39, 0.29) is 24.1 Å². The first-order chi connectivity index (χ1) is 16.4. The SMILES string of the molecule is CCCCCCCCC(=O)c1ccc(-c2ccc(OCC(C)OC(=O)CCCC)c(F)c2)cc1. The quantitative estimate of drug-likeness (QED) is 0.142. The van der Waals surface area contributed by atoms with Crippen LogP contribution in [-0.2, 0) is 9.53 Å². The van der Waals surface area contributed by atoms with Crippen LogP contribution in [0.2, 0.25) is 0 Å². The first kappa shape index (κ1) is 27.6. The molecule has 0 spiro atoms. The van der Waals surface area contributed by atoms with Crippen LogP contribution < -0.4 is 4.74 Å². The van der Waals surface area contributed by atoms with Gasteiger partial charge in [-0.15, -0.1) is 0 Å². The van der Waals surface area contributed by atoms with Gasteiger partial charge in [-0.1, -0.05) is 82.7 Å². The average molecular weight is 471 g/mol. The summed E-state index contributed by atoms with van der Waals surface area (Å²) in [7, 11) is 0. The number of esters is 1. The van der Waals surface area contributed by atoms with E-state index in [1.54, 1.807) is 19.1 Å².